The summed E-state index contributed by atoms with van der Waals surface area (Å²) in [6.45, 7) is 16.8. The first-order valence-corrected chi connectivity index (χ1v) is 9.04. The van der Waals surface area contributed by atoms with E-state index in [9.17, 15) is 4.57 Å². The molecule has 0 fully saturated rings. The molecule has 0 spiro atoms. The molecule has 0 aliphatic carbocycles. The maximum atomic E-state index is 13.5. The fourth-order valence-electron chi connectivity index (χ4n) is 3.11. The van der Waals surface area contributed by atoms with Gasteiger partial charge in [0.25, 0.3) is 0 Å². The van der Waals surface area contributed by atoms with Crippen LogP contribution in [0, 0.1) is 55.4 Å². The number of rotatable bonds is 2. The molecule has 0 heterocycles. The van der Waals surface area contributed by atoms with Crippen LogP contribution in [0.3, 0.4) is 0 Å². The fourth-order valence-corrected chi connectivity index (χ4v) is 5.26. The molecule has 0 aromatic heterocycles. The Morgan fingerprint density at radius 3 is 1.00 bits per heavy atom. The minimum Gasteiger partial charge on any atom is -0.0612 e. The maximum absolute atomic E-state index is 13.5. The van der Waals surface area contributed by atoms with E-state index in [1.54, 1.807) is 0 Å². The molecule has 22 heavy (non-hydrogen) atoms. The summed E-state index contributed by atoms with van der Waals surface area (Å²) in [4.78, 5) is 0. The van der Waals surface area contributed by atoms with E-state index < -0.39 is 7.80 Å². The molecule has 0 unspecified atom stereocenters. The monoisotopic (exact) mass is 313 g/mol. The number of benzene rings is 2. The zero-order chi connectivity index (χ0) is 16.8. The van der Waals surface area contributed by atoms with E-state index in [0.717, 1.165) is 10.6 Å². The molecule has 0 aliphatic heterocycles. The topological polar surface area (TPSA) is 17.1 Å². The molecule has 1 nitrogen and oxygen atoms in total. The third-order valence-corrected chi connectivity index (χ3v) is 7.21. The smallest absolute Gasteiger partial charge is 0.0612 e. The van der Waals surface area contributed by atoms with Crippen molar-refractivity contribution in [3.8, 4) is 0 Å². The first-order valence-electron chi connectivity index (χ1n) is 7.78. The SMILES string of the molecule is Cc1cc(C)c(C)c([P+](=O)c2c(C)c(C)cc(C)c2C)c1C. The Balaban J connectivity index is 2.80. The van der Waals surface area contributed by atoms with Gasteiger partial charge in [0.2, 0.25) is 10.6 Å². The second-order valence-corrected chi connectivity index (χ2v) is 8.00. The van der Waals surface area contributed by atoms with Gasteiger partial charge in [0.15, 0.2) is 0 Å². The van der Waals surface area contributed by atoms with Crippen molar-refractivity contribution in [3.05, 3.63) is 56.6 Å². The second kappa shape index (κ2) is 5.97. The molecule has 0 amide bonds. The van der Waals surface area contributed by atoms with Crippen molar-refractivity contribution in [2.75, 3.05) is 0 Å². The van der Waals surface area contributed by atoms with Gasteiger partial charge in [-0.3, -0.25) is 0 Å². The number of hydrogen-bond acceptors (Lipinski definition) is 1. The molecule has 0 saturated carbocycles. The van der Waals surface area contributed by atoms with Gasteiger partial charge in [-0.15, -0.1) is 0 Å². The Labute approximate surface area is 135 Å². The summed E-state index contributed by atoms with van der Waals surface area (Å²) in [5.41, 5.74) is 9.57. The lowest BCUT2D eigenvalue weighted by atomic mass is 10.0. The van der Waals surface area contributed by atoms with E-state index in [4.69, 9.17) is 0 Å². The van der Waals surface area contributed by atoms with Crippen LogP contribution in [0.5, 0.6) is 0 Å². The van der Waals surface area contributed by atoms with Crippen molar-refractivity contribution in [3.63, 3.8) is 0 Å². The van der Waals surface area contributed by atoms with E-state index in [1.807, 2.05) is 0 Å². The van der Waals surface area contributed by atoms with Crippen molar-refractivity contribution < 1.29 is 4.57 Å². The predicted molar refractivity (Wildman–Crippen MR) is 97.7 cm³/mol. The summed E-state index contributed by atoms with van der Waals surface area (Å²) in [5.74, 6) is 0. The minimum absolute atomic E-state index is 1.03. The first kappa shape index (κ1) is 16.9. The normalized spacial score (nSPS) is 10.9. The van der Waals surface area contributed by atoms with Crippen LogP contribution in [0.25, 0.3) is 0 Å². The largest absolute Gasteiger partial charge is 0.416 e. The highest BCUT2D eigenvalue weighted by molar-refractivity contribution is 7.62. The molecular formula is C20H26OP+. The average molecular weight is 313 g/mol. The maximum Gasteiger partial charge on any atom is 0.416 e. The van der Waals surface area contributed by atoms with Crippen LogP contribution < -0.4 is 10.6 Å². The van der Waals surface area contributed by atoms with Crippen molar-refractivity contribution in [1.82, 2.24) is 0 Å². The summed E-state index contributed by atoms with van der Waals surface area (Å²) < 4.78 is 13.5. The molecule has 0 N–H and O–H groups in total. The molecule has 0 aliphatic rings. The Morgan fingerprint density at radius 2 is 0.773 bits per heavy atom. The molecule has 2 aromatic rings. The first-order chi connectivity index (χ1) is 10.2. The van der Waals surface area contributed by atoms with Crippen LogP contribution in [0.2, 0.25) is 0 Å². The number of aryl methyl sites for hydroxylation is 4. The van der Waals surface area contributed by atoms with E-state index in [1.165, 1.54) is 44.5 Å². The summed E-state index contributed by atoms with van der Waals surface area (Å²) in [6, 6.07) is 4.39. The van der Waals surface area contributed by atoms with E-state index in [0.29, 0.717) is 0 Å². The van der Waals surface area contributed by atoms with Gasteiger partial charge >= 0.3 is 7.80 Å². The van der Waals surface area contributed by atoms with Crippen LogP contribution in [0.15, 0.2) is 12.1 Å². The van der Waals surface area contributed by atoms with Gasteiger partial charge in [-0.2, -0.15) is 0 Å². The third-order valence-electron chi connectivity index (χ3n) is 5.06. The molecule has 0 radical (unpaired) electrons. The van der Waals surface area contributed by atoms with Crippen molar-refractivity contribution in [2.45, 2.75) is 55.4 Å². The second-order valence-electron chi connectivity index (χ2n) is 6.51. The van der Waals surface area contributed by atoms with Crippen molar-refractivity contribution in [2.24, 2.45) is 0 Å². The van der Waals surface area contributed by atoms with Gasteiger partial charge in [0.1, 0.15) is 0 Å². The quantitative estimate of drug-likeness (QED) is 0.718. The van der Waals surface area contributed by atoms with Gasteiger partial charge in [0, 0.05) is 22.3 Å². The highest BCUT2D eigenvalue weighted by Gasteiger charge is 2.34. The predicted octanol–water partition coefficient (Wildman–Crippen LogP) is 4.93. The van der Waals surface area contributed by atoms with Crippen LogP contribution in [-0.2, 0) is 4.57 Å². The molecular weight excluding hydrogens is 287 g/mol. The average Bonchev–Trinajstić information content (AvgIpc) is 2.44. The fraction of sp³-hybridized carbons (Fsp3) is 0.400. The summed E-state index contributed by atoms with van der Waals surface area (Å²) in [6.07, 6.45) is 0. The zero-order valence-corrected chi connectivity index (χ0v) is 15.9. The highest BCUT2D eigenvalue weighted by atomic mass is 31.1. The van der Waals surface area contributed by atoms with E-state index in [-0.39, 0.29) is 0 Å². The van der Waals surface area contributed by atoms with Crippen molar-refractivity contribution >= 4 is 18.4 Å². The highest BCUT2D eigenvalue weighted by Crippen LogP contribution is 2.31. The van der Waals surface area contributed by atoms with E-state index in [2.05, 4.69) is 67.5 Å². The van der Waals surface area contributed by atoms with Crippen molar-refractivity contribution in [1.29, 1.82) is 0 Å². The van der Waals surface area contributed by atoms with Gasteiger partial charge in [-0.25, -0.2) is 0 Å². The minimum atomic E-state index is -1.57. The zero-order valence-electron chi connectivity index (χ0n) is 15.0. The lowest BCUT2D eigenvalue weighted by molar-refractivity contribution is 0.597. The van der Waals surface area contributed by atoms with Gasteiger partial charge in [0.05, 0.1) is 0 Å². The summed E-state index contributed by atoms with van der Waals surface area (Å²) in [7, 11) is -1.57. The Hall–Kier alpha value is -1.46. The Kier molecular flexibility index (Phi) is 4.59. The van der Waals surface area contributed by atoms with Gasteiger partial charge in [-0.1, -0.05) is 16.7 Å². The van der Waals surface area contributed by atoms with Crippen LogP contribution in [0.1, 0.15) is 44.5 Å². The van der Waals surface area contributed by atoms with Crippen LogP contribution >= 0.6 is 7.80 Å². The van der Waals surface area contributed by atoms with Crippen LogP contribution in [-0.4, -0.2) is 0 Å². The standard InChI is InChI=1S/C20H26OP/c1-11-9-12(2)16(6)19(15(11)5)22(21)20-17(7)13(3)10-14(4)18(20)8/h9-10H,1-8H3/q+1. The molecule has 0 bridgehead atoms. The molecule has 2 heteroatoms. The molecule has 0 saturated heterocycles. The molecule has 116 valence electrons. The Morgan fingerprint density at radius 1 is 0.545 bits per heavy atom. The number of hydrogen-bond donors (Lipinski definition) is 0. The Bertz CT molecular complexity index is 667. The van der Waals surface area contributed by atoms with Crippen LogP contribution in [0.4, 0.5) is 0 Å². The lowest BCUT2D eigenvalue weighted by Crippen LogP contribution is -2.20. The van der Waals surface area contributed by atoms with Gasteiger partial charge in [-0.05, 0) is 77.6 Å². The molecule has 0 atom stereocenters. The molecule has 2 rings (SSSR count). The lowest BCUT2D eigenvalue weighted by Gasteiger charge is -2.11. The summed E-state index contributed by atoms with van der Waals surface area (Å²) in [5, 5.41) is 2.06. The van der Waals surface area contributed by atoms with Gasteiger partial charge < -0.3 is 0 Å². The third kappa shape index (κ3) is 2.63. The molecule has 2 aromatic carbocycles. The summed E-state index contributed by atoms with van der Waals surface area (Å²) >= 11 is 0. The van der Waals surface area contributed by atoms with E-state index >= 15 is 0 Å².